The van der Waals surface area contributed by atoms with Crippen molar-refractivity contribution in [1.29, 1.82) is 0 Å². The highest BCUT2D eigenvalue weighted by atomic mass is 19.3. The summed E-state index contributed by atoms with van der Waals surface area (Å²) >= 11 is 0. The Bertz CT molecular complexity index is 1000. The Kier molecular flexibility index (Phi) is 4.72. The molecule has 0 atom stereocenters. The van der Waals surface area contributed by atoms with Crippen molar-refractivity contribution in [2.75, 3.05) is 13.1 Å². The summed E-state index contributed by atoms with van der Waals surface area (Å²) in [5.74, 6) is -2.74. The monoisotopic (exact) mass is 385 g/mol. The second kappa shape index (κ2) is 7.19. The van der Waals surface area contributed by atoms with Crippen molar-refractivity contribution in [1.82, 2.24) is 19.4 Å². The van der Waals surface area contributed by atoms with Gasteiger partial charge in [-0.3, -0.25) is 9.36 Å². The molecule has 7 nitrogen and oxygen atoms in total. The molecule has 0 spiro atoms. The predicted molar refractivity (Wildman–Crippen MR) is 97.6 cm³/mol. The lowest BCUT2D eigenvalue weighted by molar-refractivity contribution is -0.0494. The van der Waals surface area contributed by atoms with E-state index in [2.05, 4.69) is 9.97 Å². The lowest BCUT2D eigenvalue weighted by Gasteiger charge is -2.31. The highest BCUT2D eigenvalue weighted by Crippen LogP contribution is 2.29. The van der Waals surface area contributed by atoms with E-state index in [1.165, 1.54) is 11.1 Å². The Balaban J connectivity index is 1.57. The number of halogens is 2. The van der Waals surface area contributed by atoms with Crippen LogP contribution in [0.1, 0.15) is 23.2 Å². The standard InChI is InChI=1S/C18H16BF2N4O3/c20-18(21)4-7-24(8-5-18)17(26)13-9-12-3-6-25(16(12)23-10-13)14-1-2-15(22-11-14)28-19-27/h1-3,6,9-11,27H,4-5,7-8H2. The molecule has 1 amide bonds. The normalized spacial score (nSPS) is 16.2. The van der Waals surface area contributed by atoms with Crippen LogP contribution in [0.25, 0.3) is 16.7 Å². The molecule has 28 heavy (non-hydrogen) atoms. The van der Waals surface area contributed by atoms with Crippen molar-refractivity contribution in [3.8, 4) is 11.6 Å². The fourth-order valence-electron chi connectivity index (χ4n) is 3.21. The highest BCUT2D eigenvalue weighted by Gasteiger charge is 2.35. The summed E-state index contributed by atoms with van der Waals surface area (Å²) in [6.07, 6.45) is 4.19. The molecule has 0 unspecified atom stereocenters. The number of hydrogen-bond acceptors (Lipinski definition) is 5. The largest absolute Gasteiger partial charge is 0.570 e. The van der Waals surface area contributed by atoms with E-state index in [0.717, 1.165) is 11.1 Å². The van der Waals surface area contributed by atoms with Gasteiger partial charge in [0.25, 0.3) is 11.8 Å². The average Bonchev–Trinajstić information content (AvgIpc) is 3.11. The number of amides is 1. The zero-order valence-electron chi connectivity index (χ0n) is 14.8. The number of fused-ring (bicyclic) bond motifs is 1. The highest BCUT2D eigenvalue weighted by molar-refractivity contribution is 6.17. The van der Waals surface area contributed by atoms with Gasteiger partial charge >= 0.3 is 7.69 Å². The molecule has 143 valence electrons. The van der Waals surface area contributed by atoms with E-state index in [9.17, 15) is 13.6 Å². The SMILES string of the molecule is O=C(c1cnc2c(ccn2-c2ccc(O[B]O)nc2)c1)N1CCC(F)(F)CC1. The van der Waals surface area contributed by atoms with E-state index in [1.807, 2.05) is 6.07 Å². The zero-order valence-corrected chi connectivity index (χ0v) is 14.8. The van der Waals surface area contributed by atoms with Gasteiger partial charge in [0, 0.05) is 49.8 Å². The summed E-state index contributed by atoms with van der Waals surface area (Å²) in [7, 11) is 0.552. The third-order valence-electron chi connectivity index (χ3n) is 4.73. The predicted octanol–water partition coefficient (Wildman–Crippen LogP) is 2.20. The molecule has 0 saturated carbocycles. The van der Waals surface area contributed by atoms with Gasteiger partial charge < -0.3 is 14.6 Å². The van der Waals surface area contributed by atoms with Crippen LogP contribution in [0.2, 0.25) is 0 Å². The van der Waals surface area contributed by atoms with E-state index in [0.29, 0.717) is 18.9 Å². The molecular formula is C18H16BF2N4O3. The molecule has 3 aromatic rings. The first-order chi connectivity index (χ1) is 13.5. The molecule has 1 N–H and O–H groups in total. The molecule has 0 aliphatic carbocycles. The number of alkyl halides is 2. The van der Waals surface area contributed by atoms with Crippen LogP contribution in [-0.4, -0.2) is 57.1 Å². The van der Waals surface area contributed by atoms with Gasteiger partial charge in [0.15, 0.2) is 5.88 Å². The lowest BCUT2D eigenvalue weighted by atomic mass is 10.1. The lowest BCUT2D eigenvalue weighted by Crippen LogP contribution is -2.42. The van der Waals surface area contributed by atoms with Crippen LogP contribution in [0.4, 0.5) is 8.78 Å². The van der Waals surface area contributed by atoms with Gasteiger partial charge in [0.1, 0.15) is 5.65 Å². The minimum atomic E-state index is -2.69. The molecule has 0 aromatic carbocycles. The Labute approximate surface area is 159 Å². The summed E-state index contributed by atoms with van der Waals surface area (Å²) in [6, 6.07) is 6.87. The molecule has 4 heterocycles. The number of pyridine rings is 2. The van der Waals surface area contributed by atoms with Crippen LogP contribution in [0.15, 0.2) is 42.9 Å². The van der Waals surface area contributed by atoms with Crippen molar-refractivity contribution < 1.29 is 23.3 Å². The number of hydrogen-bond donors (Lipinski definition) is 1. The summed E-state index contributed by atoms with van der Waals surface area (Å²) in [6.45, 7) is 0.0759. The Morgan fingerprint density at radius 2 is 1.96 bits per heavy atom. The molecular weight excluding hydrogens is 369 g/mol. The Morgan fingerprint density at radius 1 is 1.18 bits per heavy atom. The Hall–Kier alpha value is -3.01. The maximum atomic E-state index is 13.3. The average molecular weight is 385 g/mol. The summed E-state index contributed by atoms with van der Waals surface area (Å²) in [5.41, 5.74) is 1.73. The fourth-order valence-corrected chi connectivity index (χ4v) is 3.21. The molecule has 1 aliphatic heterocycles. The fraction of sp³-hybridized carbons (Fsp3) is 0.278. The quantitative estimate of drug-likeness (QED) is 0.697. The van der Waals surface area contributed by atoms with E-state index in [-0.39, 0.29) is 37.7 Å². The smallest absolute Gasteiger partial charge is 0.523 e. The number of aromatic nitrogens is 3. The number of likely N-dealkylation sites (tertiary alicyclic amines) is 1. The van der Waals surface area contributed by atoms with Gasteiger partial charge in [0.2, 0.25) is 0 Å². The van der Waals surface area contributed by atoms with Crippen LogP contribution in [0, 0.1) is 0 Å². The second-order valence-corrected chi connectivity index (χ2v) is 6.55. The van der Waals surface area contributed by atoms with Gasteiger partial charge in [-0.05, 0) is 18.2 Å². The molecule has 1 fully saturated rings. The second-order valence-electron chi connectivity index (χ2n) is 6.55. The van der Waals surface area contributed by atoms with Crippen molar-refractivity contribution in [3.63, 3.8) is 0 Å². The third-order valence-corrected chi connectivity index (χ3v) is 4.73. The summed E-state index contributed by atoms with van der Waals surface area (Å²) in [5, 5.41) is 9.38. The van der Waals surface area contributed by atoms with Gasteiger partial charge in [-0.15, -0.1) is 0 Å². The van der Waals surface area contributed by atoms with Crippen LogP contribution < -0.4 is 4.65 Å². The van der Waals surface area contributed by atoms with Crippen molar-refractivity contribution in [2.24, 2.45) is 0 Å². The van der Waals surface area contributed by atoms with Crippen molar-refractivity contribution in [2.45, 2.75) is 18.8 Å². The third kappa shape index (κ3) is 3.55. The topological polar surface area (TPSA) is 80.5 Å². The van der Waals surface area contributed by atoms with Crippen LogP contribution in [0.5, 0.6) is 5.88 Å². The maximum Gasteiger partial charge on any atom is 0.570 e. The minimum Gasteiger partial charge on any atom is -0.523 e. The number of carbonyl (C=O) groups is 1. The number of piperidine rings is 1. The first-order valence-corrected chi connectivity index (χ1v) is 8.70. The Morgan fingerprint density at radius 3 is 2.64 bits per heavy atom. The molecule has 3 aromatic heterocycles. The van der Waals surface area contributed by atoms with E-state index < -0.39 is 5.92 Å². The van der Waals surface area contributed by atoms with Crippen LogP contribution >= 0.6 is 0 Å². The molecule has 1 radical (unpaired) electrons. The van der Waals surface area contributed by atoms with Gasteiger partial charge in [-0.1, -0.05) is 0 Å². The van der Waals surface area contributed by atoms with Crippen LogP contribution in [-0.2, 0) is 0 Å². The van der Waals surface area contributed by atoms with E-state index in [4.69, 9.17) is 9.68 Å². The number of rotatable bonds is 4. The zero-order chi connectivity index (χ0) is 19.7. The molecule has 4 rings (SSSR count). The molecule has 0 bridgehead atoms. The number of carbonyl (C=O) groups excluding carboxylic acids is 1. The molecule has 1 aliphatic rings. The summed E-state index contributed by atoms with van der Waals surface area (Å²) in [4.78, 5) is 22.5. The first-order valence-electron chi connectivity index (χ1n) is 8.70. The van der Waals surface area contributed by atoms with Crippen molar-refractivity contribution in [3.05, 3.63) is 48.4 Å². The van der Waals surface area contributed by atoms with Gasteiger partial charge in [-0.25, -0.2) is 18.7 Å². The maximum absolute atomic E-state index is 13.3. The molecule has 1 saturated heterocycles. The van der Waals surface area contributed by atoms with Gasteiger partial charge in [0.05, 0.1) is 17.4 Å². The van der Waals surface area contributed by atoms with Crippen LogP contribution in [0.3, 0.4) is 0 Å². The van der Waals surface area contributed by atoms with Crippen molar-refractivity contribution >= 4 is 24.6 Å². The van der Waals surface area contributed by atoms with E-state index in [1.54, 1.807) is 35.2 Å². The van der Waals surface area contributed by atoms with E-state index >= 15 is 0 Å². The summed E-state index contributed by atoms with van der Waals surface area (Å²) < 4.78 is 33.2. The number of nitrogens with zero attached hydrogens (tertiary/aromatic N) is 4. The molecule has 10 heteroatoms. The van der Waals surface area contributed by atoms with Gasteiger partial charge in [-0.2, -0.15) is 0 Å². The first kappa shape index (κ1) is 18.4. The minimum absolute atomic E-state index is 0.0379.